The van der Waals surface area contributed by atoms with Crippen molar-refractivity contribution in [3.05, 3.63) is 17.0 Å². The van der Waals surface area contributed by atoms with Gasteiger partial charge in [0.25, 0.3) is 5.91 Å². The first kappa shape index (κ1) is 10.0. The van der Waals surface area contributed by atoms with Gasteiger partial charge in [-0.1, -0.05) is 0 Å². The summed E-state index contributed by atoms with van der Waals surface area (Å²) in [6, 6.07) is 3.43. The van der Waals surface area contributed by atoms with Gasteiger partial charge in [-0.2, -0.15) is 0 Å². The lowest BCUT2D eigenvalue weighted by Crippen LogP contribution is -2.26. The number of nitrogen functional groups attached to an aromatic ring is 1. The van der Waals surface area contributed by atoms with Crippen molar-refractivity contribution in [3.63, 3.8) is 0 Å². The van der Waals surface area contributed by atoms with Crippen molar-refractivity contribution in [2.24, 2.45) is 0 Å². The second-order valence-corrected chi connectivity index (χ2v) is 3.57. The highest BCUT2D eigenvalue weighted by atomic mass is 32.1. The van der Waals surface area contributed by atoms with E-state index in [9.17, 15) is 4.79 Å². The molecule has 0 aliphatic rings. The number of carbonyl (C=O) groups is 1. The number of hydrogen-bond acceptors (Lipinski definition) is 4. The number of nitrogens with two attached hydrogens (primary N) is 1. The van der Waals surface area contributed by atoms with Crippen molar-refractivity contribution in [1.82, 2.24) is 5.32 Å². The van der Waals surface area contributed by atoms with E-state index in [2.05, 4.69) is 5.32 Å². The number of ether oxygens (including phenoxy) is 1. The fourth-order valence-corrected chi connectivity index (χ4v) is 1.52. The van der Waals surface area contributed by atoms with Gasteiger partial charge in [0.05, 0.1) is 16.5 Å². The number of hydrogen-bond donors (Lipinski definition) is 2. The molecule has 0 bridgehead atoms. The number of nitrogens with one attached hydrogen (secondary N) is 1. The minimum Gasteiger partial charge on any atom is -0.391 e. The van der Waals surface area contributed by atoms with Gasteiger partial charge in [0.1, 0.15) is 0 Å². The second kappa shape index (κ2) is 4.84. The summed E-state index contributed by atoms with van der Waals surface area (Å²) in [6.07, 6.45) is 0. The first-order chi connectivity index (χ1) is 6.24. The van der Waals surface area contributed by atoms with Gasteiger partial charge in [-0.25, -0.2) is 0 Å². The van der Waals surface area contributed by atoms with Gasteiger partial charge in [0, 0.05) is 13.7 Å². The number of carbonyl (C=O) groups excluding carboxylic acids is 1. The summed E-state index contributed by atoms with van der Waals surface area (Å²) in [6.45, 7) is 1.04. The third-order valence-electron chi connectivity index (χ3n) is 1.44. The van der Waals surface area contributed by atoms with E-state index in [0.29, 0.717) is 23.0 Å². The standard InChI is InChI=1S/C8H12N2O2S/c1-12-5-4-10-8(11)6-2-3-7(9)13-6/h2-3H,4-5,9H2,1H3,(H,10,11). The van der Waals surface area contributed by atoms with E-state index >= 15 is 0 Å². The molecule has 72 valence electrons. The highest BCUT2D eigenvalue weighted by Gasteiger charge is 2.06. The van der Waals surface area contributed by atoms with Crippen LogP contribution in [-0.4, -0.2) is 26.2 Å². The highest BCUT2D eigenvalue weighted by molar-refractivity contribution is 7.17. The Hall–Kier alpha value is -1.07. The molecule has 3 N–H and O–H groups in total. The Morgan fingerprint density at radius 2 is 2.46 bits per heavy atom. The fraction of sp³-hybridized carbons (Fsp3) is 0.375. The molecule has 4 nitrogen and oxygen atoms in total. The van der Waals surface area contributed by atoms with Crippen molar-refractivity contribution in [2.75, 3.05) is 26.0 Å². The molecule has 0 radical (unpaired) electrons. The molecular formula is C8H12N2O2S. The van der Waals surface area contributed by atoms with Crippen molar-refractivity contribution < 1.29 is 9.53 Å². The topological polar surface area (TPSA) is 64.3 Å². The maximum Gasteiger partial charge on any atom is 0.261 e. The molecule has 0 saturated carbocycles. The average molecular weight is 200 g/mol. The molecule has 1 amide bonds. The van der Waals surface area contributed by atoms with Gasteiger partial charge in [-0.3, -0.25) is 4.79 Å². The van der Waals surface area contributed by atoms with Gasteiger partial charge >= 0.3 is 0 Å². The van der Waals surface area contributed by atoms with Gasteiger partial charge < -0.3 is 15.8 Å². The smallest absolute Gasteiger partial charge is 0.261 e. The zero-order chi connectivity index (χ0) is 9.68. The summed E-state index contributed by atoms with van der Waals surface area (Å²) < 4.78 is 4.80. The molecule has 0 aliphatic heterocycles. The number of thiophene rings is 1. The first-order valence-corrected chi connectivity index (χ1v) is 4.68. The zero-order valence-electron chi connectivity index (χ0n) is 7.37. The van der Waals surface area contributed by atoms with Gasteiger partial charge in [-0.05, 0) is 12.1 Å². The predicted octanol–water partition coefficient (Wildman–Crippen LogP) is 0.707. The monoisotopic (exact) mass is 200 g/mol. The van der Waals surface area contributed by atoms with E-state index in [-0.39, 0.29) is 5.91 Å². The van der Waals surface area contributed by atoms with Crippen molar-refractivity contribution in [2.45, 2.75) is 0 Å². The van der Waals surface area contributed by atoms with E-state index in [1.807, 2.05) is 0 Å². The Morgan fingerprint density at radius 1 is 1.69 bits per heavy atom. The number of methoxy groups -OCH3 is 1. The lowest BCUT2D eigenvalue weighted by Gasteiger charge is -2.01. The average Bonchev–Trinajstić information content (AvgIpc) is 2.52. The molecular weight excluding hydrogens is 188 g/mol. The quantitative estimate of drug-likeness (QED) is 0.703. The molecule has 1 rings (SSSR count). The zero-order valence-corrected chi connectivity index (χ0v) is 8.19. The van der Waals surface area contributed by atoms with Crippen LogP contribution in [0.4, 0.5) is 5.00 Å². The lowest BCUT2D eigenvalue weighted by molar-refractivity contribution is 0.0941. The third kappa shape index (κ3) is 3.04. The van der Waals surface area contributed by atoms with E-state index in [1.165, 1.54) is 11.3 Å². The molecule has 0 aromatic carbocycles. The Kier molecular flexibility index (Phi) is 3.72. The summed E-state index contributed by atoms with van der Waals surface area (Å²) in [5, 5.41) is 3.35. The Morgan fingerprint density at radius 3 is 3.00 bits per heavy atom. The number of amides is 1. The molecule has 1 aromatic heterocycles. The molecule has 1 heterocycles. The largest absolute Gasteiger partial charge is 0.391 e. The van der Waals surface area contributed by atoms with Crippen LogP contribution in [0.2, 0.25) is 0 Å². The Bertz CT molecular complexity index is 285. The number of anilines is 1. The highest BCUT2D eigenvalue weighted by Crippen LogP contribution is 2.17. The maximum absolute atomic E-state index is 11.3. The molecule has 0 fully saturated rings. The molecule has 0 unspecified atom stereocenters. The van der Waals surface area contributed by atoms with Crippen molar-refractivity contribution in [3.8, 4) is 0 Å². The minimum atomic E-state index is -0.0984. The van der Waals surface area contributed by atoms with E-state index < -0.39 is 0 Å². The van der Waals surface area contributed by atoms with E-state index in [0.717, 1.165) is 0 Å². The van der Waals surface area contributed by atoms with Gasteiger partial charge in [-0.15, -0.1) is 11.3 Å². The van der Waals surface area contributed by atoms with Crippen LogP contribution >= 0.6 is 11.3 Å². The molecule has 0 spiro atoms. The molecule has 0 saturated heterocycles. The van der Waals surface area contributed by atoms with Gasteiger partial charge in [0.15, 0.2) is 0 Å². The van der Waals surface area contributed by atoms with Gasteiger partial charge in [0.2, 0.25) is 0 Å². The fourth-order valence-electron chi connectivity index (χ4n) is 0.829. The second-order valence-electron chi connectivity index (χ2n) is 2.45. The summed E-state index contributed by atoms with van der Waals surface area (Å²) in [5.41, 5.74) is 5.49. The Balaban J connectivity index is 2.40. The molecule has 13 heavy (non-hydrogen) atoms. The Labute approximate surface area is 80.7 Å². The maximum atomic E-state index is 11.3. The summed E-state index contributed by atoms with van der Waals surface area (Å²) in [5.74, 6) is -0.0984. The van der Waals surface area contributed by atoms with Crippen molar-refractivity contribution >= 4 is 22.2 Å². The van der Waals surface area contributed by atoms with Crippen LogP contribution in [0.15, 0.2) is 12.1 Å². The van der Waals surface area contributed by atoms with Crippen LogP contribution < -0.4 is 11.1 Å². The summed E-state index contributed by atoms with van der Waals surface area (Å²) >= 11 is 1.28. The van der Waals surface area contributed by atoms with Crippen LogP contribution in [0.25, 0.3) is 0 Å². The van der Waals surface area contributed by atoms with Crippen LogP contribution in [0.5, 0.6) is 0 Å². The minimum absolute atomic E-state index is 0.0984. The molecule has 5 heteroatoms. The van der Waals surface area contributed by atoms with Crippen LogP contribution in [0.1, 0.15) is 9.67 Å². The SMILES string of the molecule is COCCNC(=O)c1ccc(N)s1. The van der Waals surface area contributed by atoms with E-state index in [1.54, 1.807) is 19.2 Å². The van der Waals surface area contributed by atoms with Crippen LogP contribution in [-0.2, 0) is 4.74 Å². The van der Waals surface area contributed by atoms with Crippen LogP contribution in [0.3, 0.4) is 0 Å². The van der Waals surface area contributed by atoms with E-state index in [4.69, 9.17) is 10.5 Å². The number of rotatable bonds is 4. The lowest BCUT2D eigenvalue weighted by atomic mass is 10.4. The normalized spacial score (nSPS) is 9.92. The van der Waals surface area contributed by atoms with Crippen LogP contribution in [0, 0.1) is 0 Å². The molecule has 0 atom stereocenters. The molecule has 1 aromatic rings. The third-order valence-corrected chi connectivity index (χ3v) is 2.36. The summed E-state index contributed by atoms with van der Waals surface area (Å²) in [7, 11) is 1.59. The first-order valence-electron chi connectivity index (χ1n) is 3.86. The summed E-state index contributed by atoms with van der Waals surface area (Å²) in [4.78, 5) is 12.0. The molecule has 0 aliphatic carbocycles. The van der Waals surface area contributed by atoms with Crippen molar-refractivity contribution in [1.29, 1.82) is 0 Å². The predicted molar refractivity (Wildman–Crippen MR) is 52.9 cm³/mol.